The summed E-state index contributed by atoms with van der Waals surface area (Å²) in [5, 5.41) is 10.3. The van der Waals surface area contributed by atoms with Crippen LogP contribution in [-0.2, 0) is 0 Å². The first-order valence-electron chi connectivity index (χ1n) is 6.50. The minimum Gasteiger partial charge on any atom is -0.486 e. The maximum atomic E-state index is 10.3. The lowest BCUT2D eigenvalue weighted by Crippen LogP contribution is -2.27. The Hall–Kier alpha value is -0.870. The Balaban J connectivity index is 1.66. The molecular weight excluding hydrogens is 248 g/mol. The molecule has 0 saturated heterocycles. The molecule has 0 aromatic heterocycles. The predicted octanol–water partition coefficient (Wildman–Crippen LogP) is 2.86. The molecule has 0 bridgehead atoms. The van der Waals surface area contributed by atoms with E-state index in [2.05, 4.69) is 0 Å². The molecule has 18 heavy (non-hydrogen) atoms. The van der Waals surface area contributed by atoms with Gasteiger partial charge in [0.1, 0.15) is 13.2 Å². The summed E-state index contributed by atoms with van der Waals surface area (Å²) < 4.78 is 11.1. The average Bonchev–Trinajstić information content (AvgIpc) is 2.84. The van der Waals surface area contributed by atoms with E-state index in [0.29, 0.717) is 13.2 Å². The monoisotopic (exact) mass is 266 g/mol. The van der Waals surface area contributed by atoms with Crippen LogP contribution >= 0.6 is 11.8 Å². The van der Waals surface area contributed by atoms with Gasteiger partial charge in [0.2, 0.25) is 0 Å². The third kappa shape index (κ3) is 2.59. The number of benzene rings is 1. The SMILES string of the molecule is OC1(CSc2ccc3c(c2)OCCO3)CCCC1. The minimum absolute atomic E-state index is 0.460. The summed E-state index contributed by atoms with van der Waals surface area (Å²) in [6.45, 7) is 1.24. The molecule has 0 spiro atoms. The molecule has 1 aliphatic heterocycles. The first-order valence-corrected chi connectivity index (χ1v) is 7.49. The number of fused-ring (bicyclic) bond motifs is 1. The van der Waals surface area contributed by atoms with Crippen molar-refractivity contribution in [2.24, 2.45) is 0 Å². The second kappa shape index (κ2) is 5.02. The van der Waals surface area contributed by atoms with E-state index in [0.717, 1.165) is 47.8 Å². The van der Waals surface area contributed by atoms with Crippen LogP contribution in [0.15, 0.2) is 23.1 Å². The largest absolute Gasteiger partial charge is 0.486 e. The van der Waals surface area contributed by atoms with Crippen molar-refractivity contribution < 1.29 is 14.6 Å². The zero-order valence-electron chi connectivity index (χ0n) is 10.4. The third-order valence-electron chi connectivity index (χ3n) is 3.56. The van der Waals surface area contributed by atoms with Crippen molar-refractivity contribution in [2.45, 2.75) is 36.2 Å². The van der Waals surface area contributed by atoms with Gasteiger partial charge < -0.3 is 14.6 Å². The van der Waals surface area contributed by atoms with E-state index < -0.39 is 5.60 Å². The Morgan fingerprint density at radius 3 is 2.61 bits per heavy atom. The van der Waals surface area contributed by atoms with Gasteiger partial charge in [0.05, 0.1) is 5.60 Å². The highest BCUT2D eigenvalue weighted by Gasteiger charge is 2.31. The molecule has 1 saturated carbocycles. The molecule has 1 N–H and O–H groups in total. The topological polar surface area (TPSA) is 38.7 Å². The second-order valence-corrected chi connectivity index (χ2v) is 6.07. The smallest absolute Gasteiger partial charge is 0.162 e. The Labute approximate surface area is 111 Å². The number of hydrogen-bond acceptors (Lipinski definition) is 4. The molecule has 0 radical (unpaired) electrons. The first-order chi connectivity index (χ1) is 8.75. The standard InChI is InChI=1S/C14H18O3S/c15-14(5-1-2-6-14)10-18-11-3-4-12-13(9-11)17-8-7-16-12/h3-4,9,15H,1-2,5-8,10H2. The second-order valence-electron chi connectivity index (χ2n) is 5.03. The third-order valence-corrected chi connectivity index (χ3v) is 4.82. The van der Waals surface area contributed by atoms with Crippen LogP contribution in [-0.4, -0.2) is 29.7 Å². The van der Waals surface area contributed by atoms with Crippen LogP contribution in [0.25, 0.3) is 0 Å². The van der Waals surface area contributed by atoms with Crippen LogP contribution in [0.5, 0.6) is 11.5 Å². The van der Waals surface area contributed by atoms with Gasteiger partial charge in [0.15, 0.2) is 11.5 Å². The number of hydrogen-bond donors (Lipinski definition) is 1. The molecular formula is C14H18O3S. The Morgan fingerprint density at radius 2 is 1.83 bits per heavy atom. The lowest BCUT2D eigenvalue weighted by atomic mass is 10.1. The van der Waals surface area contributed by atoms with Crippen molar-refractivity contribution >= 4 is 11.8 Å². The zero-order valence-corrected chi connectivity index (χ0v) is 11.2. The van der Waals surface area contributed by atoms with Gasteiger partial charge in [-0.2, -0.15) is 0 Å². The maximum absolute atomic E-state index is 10.3. The molecule has 1 fully saturated rings. The van der Waals surface area contributed by atoms with Crippen LogP contribution in [0, 0.1) is 0 Å². The molecule has 1 heterocycles. The van der Waals surface area contributed by atoms with Crippen LogP contribution in [0.2, 0.25) is 0 Å². The van der Waals surface area contributed by atoms with Gasteiger partial charge in [-0.05, 0) is 31.0 Å². The summed E-state index contributed by atoms with van der Waals surface area (Å²) in [6.07, 6.45) is 4.17. The van der Waals surface area contributed by atoms with Crippen molar-refractivity contribution in [3.63, 3.8) is 0 Å². The highest BCUT2D eigenvalue weighted by Crippen LogP contribution is 2.38. The number of thioether (sulfide) groups is 1. The van der Waals surface area contributed by atoms with Gasteiger partial charge in [0, 0.05) is 10.6 Å². The van der Waals surface area contributed by atoms with E-state index in [9.17, 15) is 5.11 Å². The van der Waals surface area contributed by atoms with E-state index in [-0.39, 0.29) is 0 Å². The normalized spacial score (nSPS) is 20.9. The number of aliphatic hydroxyl groups is 1. The molecule has 4 heteroatoms. The van der Waals surface area contributed by atoms with Gasteiger partial charge in [-0.3, -0.25) is 0 Å². The number of rotatable bonds is 3. The lowest BCUT2D eigenvalue weighted by molar-refractivity contribution is 0.0732. The highest BCUT2D eigenvalue weighted by molar-refractivity contribution is 7.99. The van der Waals surface area contributed by atoms with E-state index in [1.807, 2.05) is 18.2 Å². The molecule has 3 rings (SSSR count). The predicted molar refractivity (Wildman–Crippen MR) is 71.6 cm³/mol. The van der Waals surface area contributed by atoms with Gasteiger partial charge in [-0.1, -0.05) is 12.8 Å². The zero-order chi connectivity index (χ0) is 12.4. The quantitative estimate of drug-likeness (QED) is 0.854. The van der Waals surface area contributed by atoms with Gasteiger partial charge in [-0.25, -0.2) is 0 Å². The van der Waals surface area contributed by atoms with E-state index in [4.69, 9.17) is 9.47 Å². The molecule has 1 aromatic carbocycles. The van der Waals surface area contributed by atoms with Crippen LogP contribution < -0.4 is 9.47 Å². The summed E-state index contributed by atoms with van der Waals surface area (Å²) in [6, 6.07) is 6.00. The summed E-state index contributed by atoms with van der Waals surface area (Å²) in [5.41, 5.74) is -0.460. The number of ether oxygens (including phenoxy) is 2. The van der Waals surface area contributed by atoms with Gasteiger partial charge >= 0.3 is 0 Å². The van der Waals surface area contributed by atoms with Crippen LogP contribution in [0.4, 0.5) is 0 Å². The molecule has 3 nitrogen and oxygen atoms in total. The van der Waals surface area contributed by atoms with Crippen molar-refractivity contribution in [3.05, 3.63) is 18.2 Å². The summed E-state index contributed by atoms with van der Waals surface area (Å²) in [4.78, 5) is 1.14. The summed E-state index contributed by atoms with van der Waals surface area (Å²) in [7, 11) is 0. The van der Waals surface area contributed by atoms with Crippen LogP contribution in [0.3, 0.4) is 0 Å². The van der Waals surface area contributed by atoms with Crippen molar-refractivity contribution in [1.82, 2.24) is 0 Å². The van der Waals surface area contributed by atoms with Crippen LogP contribution in [0.1, 0.15) is 25.7 Å². The minimum atomic E-state index is -0.460. The summed E-state index contributed by atoms with van der Waals surface area (Å²) >= 11 is 1.70. The van der Waals surface area contributed by atoms with Gasteiger partial charge in [-0.15, -0.1) is 11.8 Å². The Kier molecular flexibility index (Phi) is 3.39. The maximum Gasteiger partial charge on any atom is 0.162 e. The van der Waals surface area contributed by atoms with Crippen molar-refractivity contribution in [2.75, 3.05) is 19.0 Å². The van der Waals surface area contributed by atoms with Gasteiger partial charge in [0.25, 0.3) is 0 Å². The van der Waals surface area contributed by atoms with E-state index >= 15 is 0 Å². The molecule has 0 amide bonds. The van der Waals surface area contributed by atoms with Crippen molar-refractivity contribution in [1.29, 1.82) is 0 Å². The fourth-order valence-electron chi connectivity index (χ4n) is 2.51. The molecule has 2 aliphatic rings. The van der Waals surface area contributed by atoms with E-state index in [1.165, 1.54) is 0 Å². The fourth-order valence-corrected chi connectivity index (χ4v) is 3.59. The Bertz CT molecular complexity index is 427. The Morgan fingerprint density at radius 1 is 1.11 bits per heavy atom. The first kappa shape index (κ1) is 12.2. The van der Waals surface area contributed by atoms with Crippen molar-refractivity contribution in [3.8, 4) is 11.5 Å². The molecule has 1 aliphatic carbocycles. The average molecular weight is 266 g/mol. The fraction of sp³-hybridized carbons (Fsp3) is 0.571. The van der Waals surface area contributed by atoms with E-state index in [1.54, 1.807) is 11.8 Å². The summed E-state index contributed by atoms with van der Waals surface area (Å²) in [5.74, 6) is 2.42. The molecule has 0 atom stereocenters. The molecule has 0 unspecified atom stereocenters. The lowest BCUT2D eigenvalue weighted by Gasteiger charge is -2.22. The molecule has 1 aromatic rings. The molecule has 98 valence electrons. The highest BCUT2D eigenvalue weighted by atomic mass is 32.2.